The number of nitrogens with one attached hydrogen (secondary N) is 1. The highest BCUT2D eigenvalue weighted by atomic mass is 16.6. The van der Waals surface area contributed by atoms with Crippen molar-refractivity contribution in [2.45, 2.75) is 13.3 Å². The Kier molecular flexibility index (Phi) is 6.61. The second kappa shape index (κ2) is 9.12. The van der Waals surface area contributed by atoms with Crippen LogP contribution in [0.4, 0.5) is 11.4 Å². The molecule has 0 saturated carbocycles. The van der Waals surface area contributed by atoms with Crippen LogP contribution in [0.25, 0.3) is 6.08 Å². The lowest BCUT2D eigenvalue weighted by Gasteiger charge is -2.09. The van der Waals surface area contributed by atoms with Crippen molar-refractivity contribution < 1.29 is 19.2 Å². The predicted octanol–water partition coefficient (Wildman–Crippen LogP) is 3.35. The van der Waals surface area contributed by atoms with Gasteiger partial charge in [-0.15, -0.1) is 0 Å². The number of anilines is 1. The van der Waals surface area contributed by atoms with Crippen molar-refractivity contribution in [1.29, 1.82) is 0 Å². The number of benzene rings is 2. The Morgan fingerprint density at radius 3 is 2.58 bits per heavy atom. The average molecular weight is 354 g/mol. The summed E-state index contributed by atoms with van der Waals surface area (Å²) in [6.07, 6.45) is 3.09. The van der Waals surface area contributed by atoms with Crippen LogP contribution < -0.4 is 5.32 Å². The minimum absolute atomic E-state index is 0.120. The molecule has 0 saturated heterocycles. The number of carbonyl (C=O) groups is 2. The molecule has 0 radical (unpaired) electrons. The molecule has 0 atom stereocenters. The van der Waals surface area contributed by atoms with Crippen molar-refractivity contribution >= 4 is 29.3 Å². The molecule has 0 unspecified atom stereocenters. The van der Waals surface area contributed by atoms with Crippen LogP contribution in [-0.2, 0) is 20.7 Å². The van der Waals surface area contributed by atoms with E-state index in [1.54, 1.807) is 18.2 Å². The predicted molar refractivity (Wildman–Crippen MR) is 97.5 cm³/mol. The van der Waals surface area contributed by atoms with E-state index >= 15 is 0 Å². The van der Waals surface area contributed by atoms with E-state index in [1.807, 2.05) is 19.1 Å². The zero-order valence-electron chi connectivity index (χ0n) is 14.2. The first kappa shape index (κ1) is 18.9. The molecule has 134 valence electrons. The van der Waals surface area contributed by atoms with Crippen LogP contribution in [0, 0.1) is 10.1 Å². The highest BCUT2D eigenvalue weighted by molar-refractivity contribution is 5.95. The van der Waals surface area contributed by atoms with E-state index in [9.17, 15) is 19.7 Å². The van der Waals surface area contributed by atoms with Gasteiger partial charge in [0.15, 0.2) is 6.61 Å². The Balaban J connectivity index is 1.91. The molecule has 26 heavy (non-hydrogen) atoms. The molecule has 1 amide bonds. The molecule has 1 N–H and O–H groups in total. The number of para-hydroxylation sites is 2. The van der Waals surface area contributed by atoms with Gasteiger partial charge in [-0.05, 0) is 30.2 Å². The SMILES string of the molecule is CCc1ccccc1NC(=O)COC(=O)/C=C/c1ccccc1[N+](=O)[O-]. The lowest BCUT2D eigenvalue weighted by Crippen LogP contribution is -2.20. The Morgan fingerprint density at radius 1 is 1.15 bits per heavy atom. The largest absolute Gasteiger partial charge is 0.452 e. The van der Waals surface area contributed by atoms with Gasteiger partial charge in [0, 0.05) is 17.8 Å². The number of aryl methyl sites for hydroxylation is 1. The molecule has 0 bridgehead atoms. The van der Waals surface area contributed by atoms with E-state index in [2.05, 4.69) is 5.32 Å². The normalized spacial score (nSPS) is 10.5. The van der Waals surface area contributed by atoms with Crippen molar-refractivity contribution in [2.75, 3.05) is 11.9 Å². The number of amides is 1. The first-order valence-electron chi connectivity index (χ1n) is 7.97. The van der Waals surface area contributed by atoms with Crippen LogP contribution in [0.2, 0.25) is 0 Å². The monoisotopic (exact) mass is 354 g/mol. The van der Waals surface area contributed by atoms with E-state index < -0.39 is 23.4 Å². The van der Waals surface area contributed by atoms with Gasteiger partial charge in [0.05, 0.1) is 10.5 Å². The molecular weight excluding hydrogens is 336 g/mol. The molecule has 2 aromatic carbocycles. The number of esters is 1. The van der Waals surface area contributed by atoms with Crippen LogP contribution in [0.15, 0.2) is 54.6 Å². The summed E-state index contributed by atoms with van der Waals surface area (Å²) in [5.74, 6) is -1.22. The lowest BCUT2D eigenvalue weighted by molar-refractivity contribution is -0.385. The number of hydrogen-bond acceptors (Lipinski definition) is 5. The van der Waals surface area contributed by atoms with Gasteiger partial charge in [-0.25, -0.2) is 4.79 Å². The fourth-order valence-corrected chi connectivity index (χ4v) is 2.27. The molecule has 0 aromatic heterocycles. The number of nitro groups is 1. The second-order valence-corrected chi connectivity index (χ2v) is 5.32. The number of nitro benzene ring substituents is 1. The summed E-state index contributed by atoms with van der Waals surface area (Å²) in [7, 11) is 0. The minimum Gasteiger partial charge on any atom is -0.452 e. The molecule has 0 aliphatic carbocycles. The summed E-state index contributed by atoms with van der Waals surface area (Å²) in [4.78, 5) is 34.0. The summed E-state index contributed by atoms with van der Waals surface area (Å²) in [5.41, 5.74) is 1.80. The fourth-order valence-electron chi connectivity index (χ4n) is 2.27. The maximum atomic E-state index is 11.9. The quantitative estimate of drug-likeness (QED) is 0.356. The smallest absolute Gasteiger partial charge is 0.331 e. The molecule has 7 heteroatoms. The summed E-state index contributed by atoms with van der Waals surface area (Å²) in [6, 6.07) is 13.4. The maximum absolute atomic E-state index is 11.9. The van der Waals surface area contributed by atoms with Gasteiger partial charge < -0.3 is 10.1 Å². The summed E-state index contributed by atoms with van der Waals surface area (Å²) >= 11 is 0. The Morgan fingerprint density at radius 2 is 1.85 bits per heavy atom. The topological polar surface area (TPSA) is 98.5 Å². The van der Waals surface area contributed by atoms with Gasteiger partial charge in [0.1, 0.15) is 0 Å². The van der Waals surface area contributed by atoms with Gasteiger partial charge in [-0.3, -0.25) is 14.9 Å². The maximum Gasteiger partial charge on any atom is 0.331 e. The van der Waals surface area contributed by atoms with Crippen LogP contribution in [-0.4, -0.2) is 23.4 Å². The van der Waals surface area contributed by atoms with Crippen molar-refractivity contribution in [2.24, 2.45) is 0 Å². The highest BCUT2D eigenvalue weighted by Crippen LogP contribution is 2.19. The standard InChI is InChI=1S/C19H18N2O5/c1-2-14-7-3-5-9-16(14)20-18(22)13-26-19(23)12-11-15-8-4-6-10-17(15)21(24)25/h3-12H,2,13H2,1H3,(H,20,22)/b12-11+. The number of nitrogens with zero attached hydrogens (tertiary/aromatic N) is 1. The molecule has 0 fully saturated rings. The van der Waals surface area contributed by atoms with Crippen LogP contribution >= 0.6 is 0 Å². The fraction of sp³-hybridized carbons (Fsp3) is 0.158. The second-order valence-electron chi connectivity index (χ2n) is 5.32. The van der Waals surface area contributed by atoms with E-state index in [-0.39, 0.29) is 11.3 Å². The molecule has 0 aliphatic heterocycles. The molecular formula is C19H18N2O5. The third-order valence-electron chi connectivity index (χ3n) is 3.55. The van der Waals surface area contributed by atoms with Gasteiger partial charge in [0.25, 0.3) is 11.6 Å². The average Bonchev–Trinajstić information content (AvgIpc) is 2.65. The van der Waals surface area contributed by atoms with Gasteiger partial charge in [-0.1, -0.05) is 37.3 Å². The molecule has 0 spiro atoms. The lowest BCUT2D eigenvalue weighted by atomic mass is 10.1. The highest BCUT2D eigenvalue weighted by Gasteiger charge is 2.11. The molecule has 2 rings (SSSR count). The van der Waals surface area contributed by atoms with Gasteiger partial charge >= 0.3 is 5.97 Å². The summed E-state index contributed by atoms with van der Waals surface area (Å²) in [5, 5.41) is 13.6. The molecule has 2 aromatic rings. The summed E-state index contributed by atoms with van der Waals surface area (Å²) in [6.45, 7) is 1.52. The molecule has 0 heterocycles. The van der Waals surface area contributed by atoms with Crippen LogP contribution in [0.1, 0.15) is 18.1 Å². The van der Waals surface area contributed by atoms with Crippen molar-refractivity contribution in [3.8, 4) is 0 Å². The zero-order chi connectivity index (χ0) is 18.9. The van der Waals surface area contributed by atoms with E-state index in [0.29, 0.717) is 5.69 Å². The summed E-state index contributed by atoms with van der Waals surface area (Å²) < 4.78 is 4.86. The van der Waals surface area contributed by atoms with Gasteiger partial charge in [0.2, 0.25) is 0 Å². The zero-order valence-corrected chi connectivity index (χ0v) is 14.2. The number of carbonyl (C=O) groups excluding carboxylic acids is 2. The van der Waals surface area contributed by atoms with E-state index in [0.717, 1.165) is 18.1 Å². The Labute approximate surface area is 150 Å². The molecule has 0 aliphatic rings. The van der Waals surface area contributed by atoms with Crippen molar-refractivity contribution in [1.82, 2.24) is 0 Å². The Bertz CT molecular complexity index is 845. The minimum atomic E-state index is -0.762. The van der Waals surface area contributed by atoms with Crippen LogP contribution in [0.5, 0.6) is 0 Å². The van der Waals surface area contributed by atoms with E-state index in [4.69, 9.17) is 4.74 Å². The molecule has 7 nitrogen and oxygen atoms in total. The first-order chi connectivity index (χ1) is 12.5. The number of rotatable bonds is 7. The third kappa shape index (κ3) is 5.27. The van der Waals surface area contributed by atoms with Gasteiger partial charge in [-0.2, -0.15) is 0 Å². The first-order valence-corrected chi connectivity index (χ1v) is 7.97. The van der Waals surface area contributed by atoms with Crippen molar-refractivity contribution in [3.05, 3.63) is 75.8 Å². The van der Waals surface area contributed by atoms with E-state index in [1.165, 1.54) is 24.3 Å². The van der Waals surface area contributed by atoms with Crippen LogP contribution in [0.3, 0.4) is 0 Å². The number of hydrogen-bond donors (Lipinski definition) is 1. The third-order valence-corrected chi connectivity index (χ3v) is 3.55. The van der Waals surface area contributed by atoms with Crippen molar-refractivity contribution in [3.63, 3.8) is 0 Å². The Hall–Kier alpha value is -3.48. The number of ether oxygens (including phenoxy) is 1.